The molecule has 1 heterocycles. The third-order valence-corrected chi connectivity index (χ3v) is 3.88. The fraction of sp³-hybridized carbons (Fsp3) is 0.667. The molecule has 0 radical (unpaired) electrons. The average molecular weight is 270 g/mol. The topological polar surface area (TPSA) is 58.9 Å². The van der Waals surface area contributed by atoms with Crippen LogP contribution in [-0.4, -0.2) is 39.2 Å². The Hall–Kier alpha value is -0.441. The Morgan fingerprint density at radius 2 is 1.54 bits per heavy atom. The number of nitrogens with zero attached hydrogens (tertiary/aromatic N) is 2. The predicted molar refractivity (Wildman–Crippen MR) is 50.5 cm³/mol. The molecule has 0 amide bonds. The Kier molecular flexibility index (Phi) is 7.89. The van der Waals surface area contributed by atoms with Crippen LogP contribution >= 0.6 is 0 Å². The van der Waals surface area contributed by atoms with Crippen LogP contribution in [-0.2, 0) is 22.6 Å². The van der Waals surface area contributed by atoms with Gasteiger partial charge in [0, 0.05) is 3.89 Å². The first-order valence-corrected chi connectivity index (χ1v) is 6.09. The quantitative estimate of drug-likeness (QED) is 0.303. The molecule has 1 saturated heterocycles. The molecule has 0 saturated carbocycles. The molecule has 4 nitrogen and oxygen atoms in total. The van der Waals surface area contributed by atoms with E-state index < -0.39 is 0 Å². The zero-order valence-corrected chi connectivity index (χ0v) is 9.28. The van der Waals surface area contributed by atoms with Crippen LogP contribution in [0.15, 0.2) is 9.98 Å². The van der Waals surface area contributed by atoms with Crippen molar-refractivity contribution in [2.45, 2.75) is 22.7 Å². The molecule has 1 rings (SSSR count). The molecule has 0 N–H and O–H groups in total. The Bertz CT molecular complexity index is 217. The SMILES string of the molecule is F[SH2+].O=C=NC1C[Se]CC1N=C=O. The van der Waals surface area contributed by atoms with Gasteiger partial charge in [-0.05, 0) is 0 Å². The summed E-state index contributed by atoms with van der Waals surface area (Å²) in [6.45, 7) is 0. The van der Waals surface area contributed by atoms with Crippen LogP contribution in [0.1, 0.15) is 0 Å². The van der Waals surface area contributed by atoms with Gasteiger partial charge in [-0.3, -0.25) is 0 Å². The Morgan fingerprint density at radius 3 is 1.85 bits per heavy atom. The minimum absolute atomic E-state index is 0.103. The van der Waals surface area contributed by atoms with Crippen molar-refractivity contribution < 1.29 is 13.5 Å². The molecule has 0 spiro atoms. The van der Waals surface area contributed by atoms with Crippen molar-refractivity contribution in [3.8, 4) is 0 Å². The Balaban J connectivity index is 0.000000671. The molecular formula is C6H8FN2O2SSe+. The standard InChI is InChI=1S/C6H6N2O2Se.FHS/c9-3-7-5-1-11-2-6(5)8-4-10;1-2/h5-6H,1-2H2;2H/p+1. The van der Waals surface area contributed by atoms with Crippen LogP contribution in [0.25, 0.3) is 0 Å². The molecule has 2 unspecified atom stereocenters. The molecule has 0 aliphatic carbocycles. The second-order valence-electron chi connectivity index (χ2n) is 2.11. The van der Waals surface area contributed by atoms with Crippen molar-refractivity contribution in [1.82, 2.24) is 0 Å². The predicted octanol–water partition coefficient (Wildman–Crippen LogP) is -0.168. The Morgan fingerprint density at radius 1 is 1.15 bits per heavy atom. The van der Waals surface area contributed by atoms with Crippen LogP contribution in [0, 0.1) is 0 Å². The zero-order valence-electron chi connectivity index (χ0n) is 6.57. The van der Waals surface area contributed by atoms with Gasteiger partial charge in [0.25, 0.3) is 0 Å². The first-order chi connectivity index (χ1) is 6.38. The van der Waals surface area contributed by atoms with Gasteiger partial charge >= 0.3 is 69.4 Å². The molecule has 0 bridgehead atoms. The van der Waals surface area contributed by atoms with E-state index in [2.05, 4.69) is 9.98 Å². The molecule has 0 aromatic carbocycles. The van der Waals surface area contributed by atoms with Gasteiger partial charge in [-0.1, -0.05) is 0 Å². The van der Waals surface area contributed by atoms with E-state index in [1.807, 2.05) is 0 Å². The van der Waals surface area contributed by atoms with E-state index in [9.17, 15) is 13.5 Å². The number of aliphatic imine (C=N–C) groups is 2. The van der Waals surface area contributed by atoms with Crippen molar-refractivity contribution in [2.75, 3.05) is 0 Å². The number of isocyanates is 2. The third kappa shape index (κ3) is 4.36. The van der Waals surface area contributed by atoms with Gasteiger partial charge in [-0.15, -0.1) is 0 Å². The van der Waals surface area contributed by atoms with E-state index in [4.69, 9.17) is 0 Å². The summed E-state index contributed by atoms with van der Waals surface area (Å²) >= 11 is 1.94. The van der Waals surface area contributed by atoms with Gasteiger partial charge in [-0.2, -0.15) is 0 Å². The van der Waals surface area contributed by atoms with Crippen LogP contribution in [0.2, 0.25) is 10.6 Å². The van der Waals surface area contributed by atoms with Crippen LogP contribution in [0.4, 0.5) is 3.89 Å². The summed E-state index contributed by atoms with van der Waals surface area (Å²) in [5, 5.41) is 1.77. The summed E-state index contributed by atoms with van der Waals surface area (Å²) in [6.07, 6.45) is 2.99. The van der Waals surface area contributed by atoms with Crippen LogP contribution in [0.3, 0.4) is 0 Å². The van der Waals surface area contributed by atoms with Crippen molar-refractivity contribution in [3.63, 3.8) is 0 Å². The molecular weight excluding hydrogens is 262 g/mol. The van der Waals surface area contributed by atoms with Crippen molar-refractivity contribution >= 4 is 40.1 Å². The molecule has 0 aromatic heterocycles. The summed E-state index contributed by atoms with van der Waals surface area (Å²) in [6, 6.07) is -0.206. The van der Waals surface area contributed by atoms with Crippen LogP contribution in [0.5, 0.6) is 0 Å². The van der Waals surface area contributed by atoms with E-state index in [1.54, 1.807) is 0 Å². The van der Waals surface area contributed by atoms with Crippen molar-refractivity contribution in [3.05, 3.63) is 0 Å². The maximum atomic E-state index is 9.89. The van der Waals surface area contributed by atoms with Gasteiger partial charge in [0.15, 0.2) is 13.0 Å². The molecule has 7 heteroatoms. The number of halogens is 1. The van der Waals surface area contributed by atoms with Gasteiger partial charge in [0.1, 0.15) is 0 Å². The summed E-state index contributed by atoms with van der Waals surface area (Å²) in [7, 11) is 0. The molecule has 1 fully saturated rings. The summed E-state index contributed by atoms with van der Waals surface area (Å²) in [5.41, 5.74) is 0. The molecule has 2 atom stereocenters. The summed E-state index contributed by atoms with van der Waals surface area (Å²) < 4.78 is 9.31. The molecule has 0 aromatic rings. The van der Waals surface area contributed by atoms with E-state index in [1.165, 1.54) is 25.2 Å². The van der Waals surface area contributed by atoms with Gasteiger partial charge in [0.05, 0.1) is 0 Å². The van der Waals surface area contributed by atoms with Crippen molar-refractivity contribution in [1.29, 1.82) is 0 Å². The van der Waals surface area contributed by atoms with E-state index in [-0.39, 0.29) is 12.1 Å². The minimum atomic E-state index is -0.103. The van der Waals surface area contributed by atoms with E-state index in [0.29, 0.717) is 15.0 Å². The molecule has 1 aliphatic rings. The number of carbonyl (C=O) groups excluding carboxylic acids is 2. The third-order valence-electron chi connectivity index (χ3n) is 1.46. The molecule has 72 valence electrons. The fourth-order valence-electron chi connectivity index (χ4n) is 0.914. The van der Waals surface area contributed by atoms with Crippen LogP contribution < -0.4 is 0 Å². The summed E-state index contributed by atoms with van der Waals surface area (Å²) in [4.78, 5) is 26.9. The second kappa shape index (κ2) is 8.17. The average Bonchev–Trinajstić information content (AvgIpc) is 2.58. The molecule has 13 heavy (non-hydrogen) atoms. The van der Waals surface area contributed by atoms with Crippen molar-refractivity contribution in [2.24, 2.45) is 9.98 Å². The zero-order chi connectivity index (χ0) is 10.1. The number of hydrogen-bond acceptors (Lipinski definition) is 4. The fourth-order valence-corrected chi connectivity index (χ4v) is 3.46. The number of rotatable bonds is 2. The first kappa shape index (κ1) is 12.6. The van der Waals surface area contributed by atoms with Gasteiger partial charge < -0.3 is 0 Å². The van der Waals surface area contributed by atoms with Gasteiger partial charge in [0.2, 0.25) is 0 Å². The normalized spacial score (nSPS) is 24.8. The molecule has 1 aliphatic heterocycles. The summed E-state index contributed by atoms with van der Waals surface area (Å²) in [5.74, 6) is 0. The van der Waals surface area contributed by atoms with Gasteiger partial charge in [-0.25, -0.2) is 0 Å². The second-order valence-corrected chi connectivity index (χ2v) is 4.37. The first-order valence-electron chi connectivity index (χ1n) is 3.29. The van der Waals surface area contributed by atoms with E-state index >= 15 is 0 Å². The Labute approximate surface area is 86.6 Å². The number of hydrogen-bond donors (Lipinski definition) is 0. The maximum absolute atomic E-state index is 9.89. The van der Waals surface area contributed by atoms with E-state index in [0.717, 1.165) is 10.6 Å². The monoisotopic (exact) mass is 271 g/mol.